The number of aryl methyl sites for hydroxylation is 1. The molecule has 0 fully saturated rings. The molecule has 37 heavy (non-hydrogen) atoms. The maximum Gasteiger partial charge on any atom is 0.310 e. The number of methoxy groups -OCH3 is 1. The second kappa shape index (κ2) is 11.9. The van der Waals surface area contributed by atoms with Gasteiger partial charge in [-0.2, -0.15) is 0 Å². The van der Waals surface area contributed by atoms with Crippen molar-refractivity contribution < 1.29 is 19.1 Å². The monoisotopic (exact) mass is 505 g/mol. The molecule has 2 aromatic carbocycles. The number of ether oxygens (including phenoxy) is 2. The number of esters is 1. The van der Waals surface area contributed by atoms with E-state index < -0.39 is 17.6 Å². The van der Waals surface area contributed by atoms with Crippen molar-refractivity contribution in [2.24, 2.45) is 5.73 Å². The zero-order valence-corrected chi connectivity index (χ0v) is 22.0. The van der Waals surface area contributed by atoms with E-state index in [1.165, 1.54) is 0 Å². The van der Waals surface area contributed by atoms with Gasteiger partial charge in [0.05, 0.1) is 26.1 Å². The molecule has 0 aliphatic heterocycles. The summed E-state index contributed by atoms with van der Waals surface area (Å²) >= 11 is 0. The van der Waals surface area contributed by atoms with Gasteiger partial charge in [-0.1, -0.05) is 36.4 Å². The lowest BCUT2D eigenvalue weighted by atomic mass is 10.0. The highest BCUT2D eigenvalue weighted by atomic mass is 16.6. The highest BCUT2D eigenvalue weighted by Crippen LogP contribution is 2.15. The third-order valence-corrected chi connectivity index (χ3v) is 5.72. The number of nitrogens with one attached hydrogen (secondary N) is 1. The highest BCUT2D eigenvalue weighted by Gasteiger charge is 2.19. The molecule has 0 radical (unpaired) electrons. The van der Waals surface area contributed by atoms with Gasteiger partial charge in [0.15, 0.2) is 0 Å². The molecule has 196 valence electrons. The lowest BCUT2D eigenvalue weighted by Crippen LogP contribution is -2.39. The van der Waals surface area contributed by atoms with Crippen molar-refractivity contribution in [3.63, 3.8) is 0 Å². The Kier molecular flexibility index (Phi) is 8.89. The minimum atomic E-state index is -0.856. The third kappa shape index (κ3) is 8.05. The molecule has 0 aliphatic carbocycles. The predicted octanol–water partition coefficient (Wildman–Crippen LogP) is 3.61. The molecule has 0 aliphatic rings. The van der Waals surface area contributed by atoms with Crippen molar-refractivity contribution in [3.8, 4) is 5.75 Å². The van der Waals surface area contributed by atoms with E-state index in [9.17, 15) is 14.4 Å². The summed E-state index contributed by atoms with van der Waals surface area (Å²) in [7, 11) is 1.60. The number of nitrogens with two attached hydrogens (primary N) is 1. The van der Waals surface area contributed by atoms with E-state index in [4.69, 9.17) is 15.2 Å². The number of anilines is 1. The second-order valence-corrected chi connectivity index (χ2v) is 10.0. The quantitative estimate of drug-likeness (QED) is 0.430. The van der Waals surface area contributed by atoms with Gasteiger partial charge in [-0.25, -0.2) is 0 Å². The minimum Gasteiger partial charge on any atom is -0.497 e. The van der Waals surface area contributed by atoms with Crippen molar-refractivity contribution >= 4 is 17.6 Å². The van der Waals surface area contributed by atoms with E-state index in [2.05, 4.69) is 5.32 Å². The van der Waals surface area contributed by atoms with Crippen LogP contribution < -0.4 is 21.3 Å². The fourth-order valence-electron chi connectivity index (χ4n) is 3.77. The number of carbonyl (C=O) groups is 2. The molecule has 1 heterocycles. The Hall–Kier alpha value is -3.91. The second-order valence-electron chi connectivity index (χ2n) is 10.0. The molecule has 3 aromatic rings. The number of nitrogens with zero attached hydrogens (tertiary/aromatic N) is 1. The molecule has 8 nitrogen and oxygen atoms in total. The first-order valence-corrected chi connectivity index (χ1v) is 12.1. The van der Waals surface area contributed by atoms with Crippen LogP contribution in [0.3, 0.4) is 0 Å². The Bertz CT molecular complexity index is 1290. The number of hydrogen-bond donors (Lipinski definition) is 2. The van der Waals surface area contributed by atoms with Crippen LogP contribution in [0.25, 0.3) is 0 Å². The smallest absolute Gasteiger partial charge is 0.310 e. The fraction of sp³-hybridized carbons (Fsp3) is 0.345. The summed E-state index contributed by atoms with van der Waals surface area (Å²) in [6.07, 6.45) is 2.15. The number of hydrogen-bond acceptors (Lipinski definition) is 6. The standard InChI is InChI=1S/C29H35N3O5/c1-19-14-15-32(18-22-10-12-23(36-5)13-11-22)28(35)26(19)31-27(34)24(30)16-20-6-8-21(9-7-20)17-25(33)37-29(2,3)4/h6-15,24H,16-18,30H2,1-5H3,(H,31,34). The van der Waals surface area contributed by atoms with Gasteiger partial charge in [0, 0.05) is 6.20 Å². The number of benzene rings is 2. The van der Waals surface area contributed by atoms with Gasteiger partial charge < -0.3 is 25.1 Å². The first-order valence-electron chi connectivity index (χ1n) is 12.1. The van der Waals surface area contributed by atoms with Crippen LogP contribution in [0.4, 0.5) is 5.69 Å². The van der Waals surface area contributed by atoms with Gasteiger partial charge >= 0.3 is 5.97 Å². The van der Waals surface area contributed by atoms with E-state index in [0.29, 0.717) is 12.1 Å². The predicted molar refractivity (Wildman–Crippen MR) is 144 cm³/mol. The molecule has 1 unspecified atom stereocenters. The molecule has 0 saturated carbocycles. The molecular formula is C29H35N3O5. The van der Waals surface area contributed by atoms with E-state index in [-0.39, 0.29) is 30.1 Å². The Balaban J connectivity index is 1.63. The summed E-state index contributed by atoms with van der Waals surface area (Å²) in [6.45, 7) is 7.60. The van der Waals surface area contributed by atoms with Crippen LogP contribution in [0.5, 0.6) is 5.75 Å². The van der Waals surface area contributed by atoms with Gasteiger partial charge in [0.2, 0.25) is 5.91 Å². The van der Waals surface area contributed by atoms with Crippen LogP contribution in [0.15, 0.2) is 65.6 Å². The number of pyridine rings is 1. The van der Waals surface area contributed by atoms with Crippen LogP contribution in [-0.2, 0) is 33.7 Å². The summed E-state index contributed by atoms with van der Waals surface area (Å²) in [6, 6.07) is 15.7. The topological polar surface area (TPSA) is 113 Å². The molecule has 0 spiro atoms. The van der Waals surface area contributed by atoms with E-state index in [1.54, 1.807) is 30.9 Å². The van der Waals surface area contributed by atoms with Gasteiger partial charge in [0.1, 0.15) is 17.0 Å². The first-order chi connectivity index (χ1) is 17.4. The highest BCUT2D eigenvalue weighted by molar-refractivity contribution is 5.95. The van der Waals surface area contributed by atoms with Crippen LogP contribution in [-0.4, -0.2) is 35.2 Å². The summed E-state index contributed by atoms with van der Waals surface area (Å²) in [5, 5.41) is 2.72. The zero-order valence-electron chi connectivity index (χ0n) is 22.0. The fourth-order valence-corrected chi connectivity index (χ4v) is 3.77. The lowest BCUT2D eigenvalue weighted by Gasteiger charge is -2.19. The summed E-state index contributed by atoms with van der Waals surface area (Å²) in [5.41, 5.74) is 8.78. The summed E-state index contributed by atoms with van der Waals surface area (Å²) < 4.78 is 12.1. The third-order valence-electron chi connectivity index (χ3n) is 5.72. The zero-order chi connectivity index (χ0) is 27.2. The number of aromatic nitrogens is 1. The average molecular weight is 506 g/mol. The number of carbonyl (C=O) groups excluding carboxylic acids is 2. The molecule has 8 heteroatoms. The molecule has 3 rings (SSSR count). The Morgan fingerprint density at radius 2 is 1.57 bits per heavy atom. The number of rotatable bonds is 9. The van der Waals surface area contributed by atoms with Crippen molar-refractivity contribution in [3.05, 3.63) is 93.4 Å². The first kappa shape index (κ1) is 27.7. The normalized spacial score (nSPS) is 12.1. The van der Waals surface area contributed by atoms with Crippen molar-refractivity contribution in [1.29, 1.82) is 0 Å². The summed E-state index contributed by atoms with van der Waals surface area (Å²) in [4.78, 5) is 38.0. The van der Waals surface area contributed by atoms with Crippen molar-refractivity contribution in [1.82, 2.24) is 4.57 Å². The molecular weight excluding hydrogens is 470 g/mol. The molecule has 0 bridgehead atoms. The summed E-state index contributed by atoms with van der Waals surface area (Å²) in [5.74, 6) is -0.00735. The Labute approximate surface area is 217 Å². The van der Waals surface area contributed by atoms with E-state index >= 15 is 0 Å². The van der Waals surface area contributed by atoms with Crippen LogP contribution in [0, 0.1) is 6.92 Å². The maximum absolute atomic E-state index is 13.1. The van der Waals surface area contributed by atoms with Crippen LogP contribution in [0.1, 0.15) is 43.0 Å². The molecule has 1 aromatic heterocycles. The van der Waals surface area contributed by atoms with E-state index in [0.717, 1.165) is 22.4 Å². The molecule has 3 N–H and O–H groups in total. The van der Waals surface area contributed by atoms with Gasteiger partial charge in [-0.15, -0.1) is 0 Å². The minimum absolute atomic E-state index is 0.167. The molecule has 1 amide bonds. The largest absolute Gasteiger partial charge is 0.497 e. The van der Waals surface area contributed by atoms with Gasteiger partial charge in [0.25, 0.3) is 5.56 Å². The average Bonchev–Trinajstić information content (AvgIpc) is 2.84. The van der Waals surface area contributed by atoms with Crippen LogP contribution in [0.2, 0.25) is 0 Å². The SMILES string of the molecule is COc1ccc(Cn2ccc(C)c(NC(=O)C(N)Cc3ccc(CC(=O)OC(C)(C)C)cc3)c2=O)cc1. The Morgan fingerprint density at radius 3 is 2.16 bits per heavy atom. The van der Waals surface area contributed by atoms with Crippen molar-refractivity contribution in [2.75, 3.05) is 12.4 Å². The van der Waals surface area contributed by atoms with Crippen LogP contribution >= 0.6 is 0 Å². The number of amides is 1. The Morgan fingerprint density at radius 1 is 0.973 bits per heavy atom. The van der Waals surface area contributed by atoms with Gasteiger partial charge in [-0.3, -0.25) is 14.4 Å². The molecule has 0 saturated heterocycles. The lowest BCUT2D eigenvalue weighted by molar-refractivity contribution is -0.153. The maximum atomic E-state index is 13.1. The molecule has 1 atom stereocenters. The van der Waals surface area contributed by atoms with E-state index in [1.807, 2.05) is 69.3 Å². The van der Waals surface area contributed by atoms with Gasteiger partial charge in [-0.05, 0) is 74.6 Å². The van der Waals surface area contributed by atoms with Crippen molar-refractivity contribution in [2.45, 2.75) is 58.7 Å².